The van der Waals surface area contributed by atoms with E-state index in [4.69, 9.17) is 0 Å². The van der Waals surface area contributed by atoms with Gasteiger partial charge in [0.2, 0.25) is 0 Å². The third kappa shape index (κ3) is 5.47. The highest BCUT2D eigenvalue weighted by atomic mass is 15.6. The molecule has 2 nitrogen and oxygen atoms in total. The lowest BCUT2D eigenvalue weighted by molar-refractivity contribution is 0.213. The summed E-state index contributed by atoms with van der Waals surface area (Å²) >= 11 is 0. The molecule has 2 aromatic carbocycles. The zero-order valence-corrected chi connectivity index (χ0v) is 16.3. The highest BCUT2D eigenvalue weighted by molar-refractivity contribution is 5.47. The summed E-state index contributed by atoms with van der Waals surface area (Å²) in [4.78, 5) is 0. The van der Waals surface area contributed by atoms with E-state index >= 15 is 0 Å². The summed E-state index contributed by atoms with van der Waals surface area (Å²) in [7, 11) is 0. The Balaban J connectivity index is 1.67. The molecule has 26 heavy (non-hydrogen) atoms. The van der Waals surface area contributed by atoms with Crippen molar-refractivity contribution in [3.63, 3.8) is 0 Å². The van der Waals surface area contributed by atoms with Crippen LogP contribution in [0.15, 0.2) is 66.2 Å². The summed E-state index contributed by atoms with van der Waals surface area (Å²) in [5.41, 5.74) is 5.52. The number of aryl methyl sites for hydroxylation is 2. The van der Waals surface area contributed by atoms with Crippen LogP contribution in [0.25, 0.3) is 0 Å². The molecule has 0 N–H and O–H groups in total. The summed E-state index contributed by atoms with van der Waals surface area (Å²) in [6, 6.07) is 20.0. The van der Waals surface area contributed by atoms with Gasteiger partial charge in [0, 0.05) is 13.1 Å². The van der Waals surface area contributed by atoms with Crippen LogP contribution in [0, 0.1) is 0 Å². The van der Waals surface area contributed by atoms with Crippen molar-refractivity contribution in [1.29, 1.82) is 0 Å². The normalized spacial score (nSPS) is 14.8. The molecule has 0 aliphatic carbocycles. The maximum Gasteiger partial charge on any atom is 0.0530 e. The fourth-order valence-corrected chi connectivity index (χ4v) is 3.54. The molecular formula is C24H32N2. The monoisotopic (exact) mass is 348 g/mol. The average Bonchev–Trinajstić information content (AvgIpc) is 2.69. The Morgan fingerprint density at radius 1 is 0.846 bits per heavy atom. The number of anilines is 1. The van der Waals surface area contributed by atoms with Crippen LogP contribution in [0.1, 0.15) is 44.2 Å². The molecule has 0 amide bonds. The predicted octanol–water partition coefficient (Wildman–Crippen LogP) is 5.65. The maximum atomic E-state index is 2.53. The molecule has 0 bridgehead atoms. The number of piperidine rings is 1. The van der Waals surface area contributed by atoms with Gasteiger partial charge >= 0.3 is 0 Å². The zero-order valence-electron chi connectivity index (χ0n) is 16.3. The second-order valence-electron chi connectivity index (χ2n) is 7.53. The summed E-state index contributed by atoms with van der Waals surface area (Å²) < 4.78 is 0. The second-order valence-corrected chi connectivity index (χ2v) is 7.53. The first kappa shape index (κ1) is 18.7. The Morgan fingerprint density at radius 2 is 1.46 bits per heavy atom. The van der Waals surface area contributed by atoms with Crippen LogP contribution in [0.3, 0.4) is 0 Å². The van der Waals surface area contributed by atoms with Crippen molar-refractivity contribution in [3.8, 4) is 0 Å². The Kier molecular flexibility index (Phi) is 6.90. The largest absolute Gasteiger partial charge is 0.302 e. The Bertz CT molecular complexity index is 678. The molecule has 1 aliphatic heterocycles. The molecule has 138 valence electrons. The molecule has 0 spiro atoms. The first-order chi connectivity index (χ1) is 12.7. The van der Waals surface area contributed by atoms with E-state index in [1.807, 2.05) is 0 Å². The van der Waals surface area contributed by atoms with E-state index in [2.05, 4.69) is 84.5 Å². The number of hydrogen-bond acceptors (Lipinski definition) is 2. The smallest absolute Gasteiger partial charge is 0.0530 e. The third-order valence-electron chi connectivity index (χ3n) is 5.13. The molecule has 0 saturated carbocycles. The number of allylic oxidation sites excluding steroid dienone is 1. The lowest BCUT2D eigenvalue weighted by Crippen LogP contribution is -2.46. The van der Waals surface area contributed by atoms with Gasteiger partial charge in [0.1, 0.15) is 0 Å². The minimum absolute atomic E-state index is 0.964. The Morgan fingerprint density at radius 3 is 2.08 bits per heavy atom. The predicted molar refractivity (Wildman–Crippen MR) is 112 cm³/mol. The molecule has 0 aromatic heterocycles. The van der Waals surface area contributed by atoms with Gasteiger partial charge in [-0.15, -0.1) is 0 Å². The van der Waals surface area contributed by atoms with Crippen molar-refractivity contribution < 1.29 is 0 Å². The van der Waals surface area contributed by atoms with E-state index in [9.17, 15) is 0 Å². The van der Waals surface area contributed by atoms with E-state index in [-0.39, 0.29) is 0 Å². The van der Waals surface area contributed by atoms with Crippen LogP contribution in [-0.2, 0) is 12.8 Å². The highest BCUT2D eigenvalue weighted by Crippen LogP contribution is 2.22. The molecule has 1 saturated heterocycles. The fraction of sp³-hybridized carbons (Fsp3) is 0.417. The second kappa shape index (κ2) is 9.59. The van der Waals surface area contributed by atoms with Gasteiger partial charge < -0.3 is 5.01 Å². The summed E-state index contributed by atoms with van der Waals surface area (Å²) in [6.07, 6.45) is 8.51. The molecule has 2 heteroatoms. The number of nitrogens with zero attached hydrogens (tertiary/aromatic N) is 2. The van der Waals surface area contributed by atoms with Crippen LogP contribution in [-0.4, -0.2) is 24.6 Å². The molecule has 0 unspecified atom stereocenters. The van der Waals surface area contributed by atoms with E-state index in [1.54, 1.807) is 0 Å². The minimum Gasteiger partial charge on any atom is -0.302 e. The Hall–Kier alpha value is -2.06. The molecule has 1 aliphatic rings. The van der Waals surface area contributed by atoms with Crippen LogP contribution >= 0.6 is 0 Å². The van der Waals surface area contributed by atoms with Crippen molar-refractivity contribution in [2.75, 3.05) is 24.6 Å². The number of hydrazine groups is 1. The molecule has 0 atom stereocenters. The fourth-order valence-electron chi connectivity index (χ4n) is 3.54. The summed E-state index contributed by atoms with van der Waals surface area (Å²) in [6.45, 7) is 7.67. The van der Waals surface area contributed by atoms with E-state index in [0.29, 0.717) is 0 Å². The zero-order chi connectivity index (χ0) is 18.2. The standard InChI is InChI=1S/C24H32N2/c1-21(2)17-20-26(25-18-7-4-8-19-25)24-15-13-23(14-16-24)12-11-22-9-5-3-6-10-22/h3,5-6,9-10,13-17H,4,7-8,11-12,18-20H2,1-2H3. The van der Waals surface area contributed by atoms with Gasteiger partial charge in [-0.1, -0.05) is 60.5 Å². The molecular weight excluding hydrogens is 316 g/mol. The number of benzene rings is 2. The van der Waals surface area contributed by atoms with Gasteiger partial charge in [0.15, 0.2) is 0 Å². The lowest BCUT2D eigenvalue weighted by Gasteiger charge is -2.38. The number of rotatable bonds is 7. The lowest BCUT2D eigenvalue weighted by atomic mass is 10.0. The molecule has 0 radical (unpaired) electrons. The van der Waals surface area contributed by atoms with Crippen molar-refractivity contribution in [1.82, 2.24) is 5.01 Å². The van der Waals surface area contributed by atoms with Crippen LogP contribution < -0.4 is 5.01 Å². The topological polar surface area (TPSA) is 6.48 Å². The molecule has 1 fully saturated rings. The van der Waals surface area contributed by atoms with E-state index in [1.165, 1.54) is 54.7 Å². The SMILES string of the molecule is CC(C)=CCN(c1ccc(CCc2ccccc2)cc1)N1CCCCC1. The summed E-state index contributed by atoms with van der Waals surface area (Å²) in [5.74, 6) is 0. The van der Waals surface area contributed by atoms with Gasteiger partial charge in [-0.05, 0) is 62.8 Å². The van der Waals surface area contributed by atoms with Gasteiger partial charge in [-0.2, -0.15) is 0 Å². The average molecular weight is 349 g/mol. The van der Waals surface area contributed by atoms with Crippen LogP contribution in [0.5, 0.6) is 0 Å². The van der Waals surface area contributed by atoms with Crippen molar-refractivity contribution in [2.24, 2.45) is 0 Å². The maximum absolute atomic E-state index is 2.53. The van der Waals surface area contributed by atoms with E-state index in [0.717, 1.165) is 19.4 Å². The molecule has 2 aromatic rings. The van der Waals surface area contributed by atoms with Crippen molar-refractivity contribution >= 4 is 5.69 Å². The molecule has 3 rings (SSSR count). The van der Waals surface area contributed by atoms with E-state index < -0.39 is 0 Å². The van der Waals surface area contributed by atoms with Crippen LogP contribution in [0.4, 0.5) is 5.69 Å². The number of hydrogen-bond donors (Lipinski definition) is 0. The Labute approximate surface area is 159 Å². The van der Waals surface area contributed by atoms with Gasteiger partial charge in [-0.3, -0.25) is 0 Å². The first-order valence-electron chi connectivity index (χ1n) is 10.0. The van der Waals surface area contributed by atoms with Gasteiger partial charge in [0.25, 0.3) is 0 Å². The highest BCUT2D eigenvalue weighted by Gasteiger charge is 2.17. The van der Waals surface area contributed by atoms with Gasteiger partial charge in [-0.25, -0.2) is 5.01 Å². The third-order valence-corrected chi connectivity index (χ3v) is 5.13. The minimum atomic E-state index is 0.964. The van der Waals surface area contributed by atoms with Gasteiger partial charge in [0.05, 0.1) is 12.2 Å². The molecule has 1 heterocycles. The van der Waals surface area contributed by atoms with Crippen molar-refractivity contribution in [2.45, 2.75) is 46.0 Å². The quantitative estimate of drug-likeness (QED) is 0.597. The van der Waals surface area contributed by atoms with Crippen molar-refractivity contribution in [3.05, 3.63) is 77.4 Å². The first-order valence-corrected chi connectivity index (χ1v) is 10.0. The summed E-state index contributed by atoms with van der Waals surface area (Å²) in [5, 5.41) is 5.00. The van der Waals surface area contributed by atoms with Crippen LogP contribution in [0.2, 0.25) is 0 Å².